The van der Waals surface area contributed by atoms with Gasteiger partial charge in [0.2, 0.25) is 0 Å². The van der Waals surface area contributed by atoms with Crippen LogP contribution in [0.3, 0.4) is 0 Å². The van der Waals surface area contributed by atoms with Gasteiger partial charge in [0, 0.05) is 0 Å². The van der Waals surface area contributed by atoms with E-state index in [1.807, 2.05) is 50.2 Å². The zero-order chi connectivity index (χ0) is 17.9. The maximum atomic E-state index is 11.9. The number of carbonyl (C=O) groups is 1. The molecule has 2 aromatic carbocycles. The van der Waals surface area contributed by atoms with Gasteiger partial charge in [0.1, 0.15) is 11.5 Å². The summed E-state index contributed by atoms with van der Waals surface area (Å²) in [4.78, 5) is 16.9. The highest BCUT2D eigenvalue weighted by molar-refractivity contribution is 5.93. The number of para-hydroxylation sites is 2. The van der Waals surface area contributed by atoms with Crippen molar-refractivity contribution >= 4 is 17.8 Å². The standard InChI is InChI=1S/C19H22N2O4/c1-3-23-16-11-9-15(10-12-16)13-20-25-14-19(22)21-17-7-5-6-8-18(17)24-4-2/h5-13H,3-4,14H2,1-2H3,(H,21,22)/b20-13-. The molecular formula is C19H22N2O4. The van der Waals surface area contributed by atoms with E-state index >= 15 is 0 Å². The molecule has 0 bridgehead atoms. The first-order chi connectivity index (χ1) is 12.2. The number of nitrogens with zero attached hydrogens (tertiary/aromatic N) is 1. The molecule has 6 heteroatoms. The Morgan fingerprint density at radius 2 is 1.76 bits per heavy atom. The van der Waals surface area contributed by atoms with Crippen LogP contribution in [0.4, 0.5) is 5.69 Å². The van der Waals surface area contributed by atoms with Crippen molar-refractivity contribution in [1.82, 2.24) is 0 Å². The number of hydrogen-bond acceptors (Lipinski definition) is 5. The molecule has 0 radical (unpaired) electrons. The SMILES string of the molecule is CCOc1ccc(/C=N\OCC(=O)Nc2ccccc2OCC)cc1. The van der Waals surface area contributed by atoms with E-state index in [0.717, 1.165) is 11.3 Å². The Labute approximate surface area is 147 Å². The molecule has 1 amide bonds. The van der Waals surface area contributed by atoms with Gasteiger partial charge in [-0.25, -0.2) is 0 Å². The summed E-state index contributed by atoms with van der Waals surface area (Å²) >= 11 is 0. The van der Waals surface area contributed by atoms with E-state index in [4.69, 9.17) is 14.3 Å². The Morgan fingerprint density at radius 3 is 2.48 bits per heavy atom. The molecule has 25 heavy (non-hydrogen) atoms. The normalized spacial score (nSPS) is 10.5. The lowest BCUT2D eigenvalue weighted by molar-refractivity contribution is -0.120. The van der Waals surface area contributed by atoms with Crippen LogP contribution in [-0.2, 0) is 9.63 Å². The number of ether oxygens (including phenoxy) is 2. The fourth-order valence-electron chi connectivity index (χ4n) is 2.05. The van der Waals surface area contributed by atoms with E-state index in [-0.39, 0.29) is 12.5 Å². The fourth-order valence-corrected chi connectivity index (χ4v) is 2.05. The number of nitrogens with one attached hydrogen (secondary N) is 1. The van der Waals surface area contributed by atoms with Crippen LogP contribution in [0.15, 0.2) is 53.7 Å². The average molecular weight is 342 g/mol. The monoisotopic (exact) mass is 342 g/mol. The minimum Gasteiger partial charge on any atom is -0.494 e. The second-order valence-corrected chi connectivity index (χ2v) is 4.99. The fraction of sp³-hybridized carbons (Fsp3) is 0.263. The predicted molar refractivity (Wildman–Crippen MR) is 97.4 cm³/mol. The van der Waals surface area contributed by atoms with Crippen LogP contribution in [0.2, 0.25) is 0 Å². The lowest BCUT2D eigenvalue weighted by Crippen LogP contribution is -2.17. The molecule has 0 saturated carbocycles. The van der Waals surface area contributed by atoms with Crippen LogP contribution in [-0.4, -0.2) is 31.9 Å². The quantitative estimate of drug-likeness (QED) is 0.559. The van der Waals surface area contributed by atoms with E-state index < -0.39 is 0 Å². The van der Waals surface area contributed by atoms with E-state index in [0.29, 0.717) is 24.7 Å². The first-order valence-corrected chi connectivity index (χ1v) is 8.12. The maximum absolute atomic E-state index is 11.9. The molecule has 0 fully saturated rings. The third-order valence-corrected chi connectivity index (χ3v) is 3.12. The second-order valence-electron chi connectivity index (χ2n) is 4.99. The van der Waals surface area contributed by atoms with Gasteiger partial charge < -0.3 is 19.6 Å². The summed E-state index contributed by atoms with van der Waals surface area (Å²) in [5.74, 6) is 1.11. The van der Waals surface area contributed by atoms with Gasteiger partial charge in [0.05, 0.1) is 25.1 Å². The average Bonchev–Trinajstić information content (AvgIpc) is 2.62. The highest BCUT2D eigenvalue weighted by atomic mass is 16.6. The van der Waals surface area contributed by atoms with Gasteiger partial charge in [0.25, 0.3) is 5.91 Å². The molecule has 6 nitrogen and oxygen atoms in total. The summed E-state index contributed by atoms with van der Waals surface area (Å²) in [6.07, 6.45) is 1.54. The van der Waals surface area contributed by atoms with Crippen LogP contribution in [0.25, 0.3) is 0 Å². The van der Waals surface area contributed by atoms with Crippen molar-refractivity contribution in [2.45, 2.75) is 13.8 Å². The Bertz CT molecular complexity index is 699. The van der Waals surface area contributed by atoms with Gasteiger partial charge in [0.15, 0.2) is 6.61 Å². The molecule has 0 aliphatic heterocycles. The summed E-state index contributed by atoms with van der Waals surface area (Å²) < 4.78 is 10.8. The van der Waals surface area contributed by atoms with E-state index in [1.54, 1.807) is 12.1 Å². The molecule has 0 spiro atoms. The first-order valence-electron chi connectivity index (χ1n) is 8.12. The number of carbonyl (C=O) groups excluding carboxylic acids is 1. The predicted octanol–water partition coefficient (Wildman–Crippen LogP) is 3.47. The Balaban J connectivity index is 1.80. The van der Waals surface area contributed by atoms with Gasteiger partial charge in [-0.05, 0) is 55.8 Å². The summed E-state index contributed by atoms with van der Waals surface area (Å²) in [5, 5.41) is 6.54. The number of benzene rings is 2. The van der Waals surface area contributed by atoms with Crippen LogP contribution in [0.1, 0.15) is 19.4 Å². The molecule has 2 rings (SSSR count). The Hall–Kier alpha value is -3.02. The molecule has 2 aromatic rings. The molecule has 0 saturated heterocycles. The molecule has 0 aromatic heterocycles. The summed E-state index contributed by atoms with van der Waals surface area (Å²) in [7, 11) is 0. The highest BCUT2D eigenvalue weighted by Gasteiger charge is 2.07. The first kappa shape index (κ1) is 18.3. The third kappa shape index (κ3) is 6.18. The van der Waals surface area contributed by atoms with E-state index in [1.165, 1.54) is 6.21 Å². The van der Waals surface area contributed by atoms with Gasteiger partial charge in [-0.3, -0.25) is 4.79 Å². The number of amides is 1. The number of rotatable bonds is 9. The number of hydrogen-bond donors (Lipinski definition) is 1. The minimum absolute atomic E-state index is 0.187. The number of anilines is 1. The van der Waals surface area contributed by atoms with Crippen LogP contribution < -0.4 is 14.8 Å². The molecule has 1 N–H and O–H groups in total. The summed E-state index contributed by atoms with van der Waals surface area (Å²) in [6.45, 7) is 4.78. The van der Waals surface area contributed by atoms with Crippen molar-refractivity contribution in [1.29, 1.82) is 0 Å². The van der Waals surface area contributed by atoms with Gasteiger partial charge in [-0.1, -0.05) is 17.3 Å². The van der Waals surface area contributed by atoms with Crippen LogP contribution >= 0.6 is 0 Å². The van der Waals surface area contributed by atoms with Crippen LogP contribution in [0.5, 0.6) is 11.5 Å². The van der Waals surface area contributed by atoms with Gasteiger partial charge in [-0.15, -0.1) is 0 Å². The van der Waals surface area contributed by atoms with Crippen molar-refractivity contribution in [3.05, 3.63) is 54.1 Å². The van der Waals surface area contributed by atoms with Crippen molar-refractivity contribution in [3.8, 4) is 11.5 Å². The van der Waals surface area contributed by atoms with Crippen molar-refractivity contribution in [2.24, 2.45) is 5.16 Å². The molecule has 132 valence electrons. The smallest absolute Gasteiger partial charge is 0.265 e. The zero-order valence-corrected chi connectivity index (χ0v) is 14.4. The van der Waals surface area contributed by atoms with Crippen molar-refractivity contribution in [3.63, 3.8) is 0 Å². The lowest BCUT2D eigenvalue weighted by atomic mass is 10.2. The molecule has 0 unspecified atom stereocenters. The highest BCUT2D eigenvalue weighted by Crippen LogP contribution is 2.23. The Kier molecular flexibility index (Phi) is 7.31. The van der Waals surface area contributed by atoms with E-state index in [2.05, 4.69) is 10.5 Å². The summed E-state index contributed by atoms with van der Waals surface area (Å²) in [6, 6.07) is 14.6. The van der Waals surface area contributed by atoms with Crippen LogP contribution in [0, 0.1) is 0 Å². The number of oxime groups is 1. The van der Waals surface area contributed by atoms with Gasteiger partial charge >= 0.3 is 0 Å². The van der Waals surface area contributed by atoms with Gasteiger partial charge in [-0.2, -0.15) is 0 Å². The second kappa shape index (κ2) is 9.97. The molecule has 0 atom stereocenters. The largest absolute Gasteiger partial charge is 0.494 e. The summed E-state index contributed by atoms with van der Waals surface area (Å²) in [5.41, 5.74) is 1.46. The maximum Gasteiger partial charge on any atom is 0.265 e. The zero-order valence-electron chi connectivity index (χ0n) is 14.4. The molecule has 0 aliphatic rings. The molecule has 0 heterocycles. The molecular weight excluding hydrogens is 320 g/mol. The third-order valence-electron chi connectivity index (χ3n) is 3.12. The molecule has 0 aliphatic carbocycles. The topological polar surface area (TPSA) is 69.2 Å². The van der Waals surface area contributed by atoms with Crippen molar-refractivity contribution < 1.29 is 19.1 Å². The lowest BCUT2D eigenvalue weighted by Gasteiger charge is -2.10. The minimum atomic E-state index is -0.309. The Morgan fingerprint density at radius 1 is 1.04 bits per heavy atom. The van der Waals surface area contributed by atoms with E-state index in [9.17, 15) is 4.79 Å². The van der Waals surface area contributed by atoms with Crippen molar-refractivity contribution in [2.75, 3.05) is 25.1 Å².